The van der Waals surface area contributed by atoms with Crippen molar-refractivity contribution in [3.63, 3.8) is 0 Å². The molecule has 5 heteroatoms. The Labute approximate surface area is 124 Å². The minimum absolute atomic E-state index is 0.659. The third-order valence-corrected chi connectivity index (χ3v) is 3.62. The van der Waals surface area contributed by atoms with Gasteiger partial charge in [0.15, 0.2) is 0 Å². The van der Waals surface area contributed by atoms with E-state index in [1.807, 2.05) is 31.0 Å². The van der Waals surface area contributed by atoms with Gasteiger partial charge in [0.1, 0.15) is 5.69 Å². The first kappa shape index (κ1) is 13.4. The number of nitrogens with two attached hydrogens (primary N) is 1. The van der Waals surface area contributed by atoms with E-state index in [1.165, 1.54) is 5.56 Å². The van der Waals surface area contributed by atoms with Crippen molar-refractivity contribution in [2.75, 3.05) is 5.73 Å². The van der Waals surface area contributed by atoms with Gasteiger partial charge in [0.2, 0.25) is 0 Å². The highest BCUT2D eigenvalue weighted by Gasteiger charge is 2.15. The molecule has 108 valence electrons. The third kappa shape index (κ3) is 2.31. The molecule has 0 fully saturated rings. The topological polar surface area (TPSA) is 61.7 Å². The van der Waals surface area contributed by atoms with Gasteiger partial charge in [0.25, 0.3) is 0 Å². The molecule has 0 amide bonds. The van der Waals surface area contributed by atoms with Crippen LogP contribution in [-0.4, -0.2) is 19.6 Å². The van der Waals surface area contributed by atoms with Gasteiger partial charge >= 0.3 is 0 Å². The molecule has 2 N–H and O–H groups in total. The molecule has 0 aliphatic heterocycles. The Bertz CT molecular complexity index is 810. The van der Waals surface area contributed by atoms with Crippen LogP contribution in [0.1, 0.15) is 16.8 Å². The zero-order valence-electron chi connectivity index (χ0n) is 12.8. The van der Waals surface area contributed by atoms with Crippen molar-refractivity contribution in [3.8, 4) is 16.9 Å². The maximum absolute atomic E-state index is 6.16. The highest BCUT2D eigenvalue weighted by Crippen LogP contribution is 2.28. The van der Waals surface area contributed by atoms with Crippen LogP contribution < -0.4 is 5.73 Å². The van der Waals surface area contributed by atoms with Crippen molar-refractivity contribution in [1.29, 1.82) is 0 Å². The van der Waals surface area contributed by atoms with Crippen molar-refractivity contribution in [2.45, 2.75) is 20.8 Å². The Hall–Kier alpha value is -2.56. The first-order valence-electron chi connectivity index (χ1n) is 6.89. The molecule has 3 aromatic rings. The van der Waals surface area contributed by atoms with Crippen LogP contribution >= 0.6 is 0 Å². The van der Waals surface area contributed by atoms with Crippen molar-refractivity contribution in [3.05, 3.63) is 47.4 Å². The summed E-state index contributed by atoms with van der Waals surface area (Å²) in [6, 6.07) is 6.30. The van der Waals surface area contributed by atoms with E-state index in [0.29, 0.717) is 5.69 Å². The largest absolute Gasteiger partial charge is 0.396 e. The summed E-state index contributed by atoms with van der Waals surface area (Å²) in [5.41, 5.74) is 12.9. The second kappa shape index (κ2) is 4.77. The van der Waals surface area contributed by atoms with Crippen LogP contribution in [-0.2, 0) is 7.05 Å². The number of hydrogen-bond acceptors (Lipinski definition) is 3. The van der Waals surface area contributed by atoms with Gasteiger partial charge in [-0.3, -0.25) is 4.68 Å². The third-order valence-electron chi connectivity index (χ3n) is 3.62. The zero-order valence-corrected chi connectivity index (χ0v) is 12.8. The summed E-state index contributed by atoms with van der Waals surface area (Å²) in [6.45, 7) is 6.11. The van der Waals surface area contributed by atoms with Crippen molar-refractivity contribution < 1.29 is 0 Å². The fourth-order valence-electron chi connectivity index (χ4n) is 2.52. The number of anilines is 1. The van der Waals surface area contributed by atoms with Crippen LogP contribution in [0.3, 0.4) is 0 Å². The van der Waals surface area contributed by atoms with Crippen LogP contribution in [0.4, 0.5) is 5.69 Å². The summed E-state index contributed by atoms with van der Waals surface area (Å²) >= 11 is 0. The molecule has 2 aromatic heterocycles. The highest BCUT2D eigenvalue weighted by molar-refractivity contribution is 5.73. The van der Waals surface area contributed by atoms with Crippen molar-refractivity contribution >= 4 is 5.69 Å². The predicted molar refractivity (Wildman–Crippen MR) is 84.4 cm³/mol. The van der Waals surface area contributed by atoms with Gasteiger partial charge in [-0.05, 0) is 38.0 Å². The monoisotopic (exact) mass is 281 g/mol. The van der Waals surface area contributed by atoms with Gasteiger partial charge in [-0.15, -0.1) is 0 Å². The molecule has 5 nitrogen and oxygen atoms in total. The Morgan fingerprint density at radius 3 is 2.48 bits per heavy atom. The Kier molecular flexibility index (Phi) is 3.05. The average molecular weight is 281 g/mol. The molecule has 0 spiro atoms. The quantitative estimate of drug-likeness (QED) is 0.785. The molecule has 0 unspecified atom stereocenters. The fourth-order valence-corrected chi connectivity index (χ4v) is 2.52. The highest BCUT2D eigenvalue weighted by atomic mass is 15.3. The molecule has 0 aliphatic carbocycles. The lowest BCUT2D eigenvalue weighted by molar-refractivity contribution is 0.756. The minimum Gasteiger partial charge on any atom is -0.396 e. The van der Waals surface area contributed by atoms with Crippen LogP contribution in [0.2, 0.25) is 0 Å². The van der Waals surface area contributed by atoms with Gasteiger partial charge in [-0.1, -0.05) is 12.1 Å². The predicted octanol–water partition coefficient (Wildman–Crippen LogP) is 2.78. The van der Waals surface area contributed by atoms with Gasteiger partial charge < -0.3 is 5.73 Å². The summed E-state index contributed by atoms with van der Waals surface area (Å²) < 4.78 is 3.63. The summed E-state index contributed by atoms with van der Waals surface area (Å²) in [5.74, 6) is 0. The summed E-state index contributed by atoms with van der Waals surface area (Å²) in [6.07, 6.45) is 3.81. The molecule has 0 aliphatic rings. The molecule has 0 saturated heterocycles. The molecular weight excluding hydrogens is 262 g/mol. The number of benzene rings is 1. The van der Waals surface area contributed by atoms with Crippen LogP contribution in [0, 0.1) is 20.8 Å². The lowest BCUT2D eigenvalue weighted by Crippen LogP contribution is -1.98. The van der Waals surface area contributed by atoms with E-state index in [9.17, 15) is 0 Å². The number of hydrogen-bond donors (Lipinski definition) is 1. The number of nitrogens with zero attached hydrogens (tertiary/aromatic N) is 4. The van der Waals surface area contributed by atoms with Gasteiger partial charge in [0, 0.05) is 18.8 Å². The van der Waals surface area contributed by atoms with Crippen molar-refractivity contribution in [1.82, 2.24) is 19.6 Å². The maximum Gasteiger partial charge on any atom is 0.119 e. The molecular formula is C16H19N5. The van der Waals surface area contributed by atoms with E-state index in [2.05, 4.69) is 42.2 Å². The lowest BCUT2D eigenvalue weighted by atomic mass is 10.1. The Morgan fingerprint density at radius 2 is 1.81 bits per heavy atom. The van der Waals surface area contributed by atoms with E-state index in [1.54, 1.807) is 4.68 Å². The number of nitrogen functional groups attached to an aromatic ring is 1. The Balaban J connectivity index is 2.14. The standard InChI is InChI=1S/C16H19N5/c1-10-5-6-11(2)15(7-10)21-9-14(17)16(19-21)13-8-20(4)18-12(13)3/h5-9H,17H2,1-4H3. The molecule has 0 bridgehead atoms. The molecule has 1 aromatic carbocycles. The second-order valence-electron chi connectivity index (χ2n) is 5.47. The molecule has 2 heterocycles. The second-order valence-corrected chi connectivity index (χ2v) is 5.47. The summed E-state index contributed by atoms with van der Waals surface area (Å²) in [5, 5.41) is 9.02. The van der Waals surface area contributed by atoms with E-state index < -0.39 is 0 Å². The Morgan fingerprint density at radius 1 is 1.05 bits per heavy atom. The van der Waals surface area contributed by atoms with Crippen LogP contribution in [0.5, 0.6) is 0 Å². The van der Waals surface area contributed by atoms with Crippen LogP contribution in [0.25, 0.3) is 16.9 Å². The normalized spacial score (nSPS) is 11.0. The van der Waals surface area contributed by atoms with Gasteiger partial charge in [0.05, 0.1) is 23.3 Å². The van der Waals surface area contributed by atoms with Crippen molar-refractivity contribution in [2.24, 2.45) is 7.05 Å². The van der Waals surface area contributed by atoms with E-state index in [-0.39, 0.29) is 0 Å². The molecule has 3 rings (SSSR count). The summed E-state index contributed by atoms with van der Waals surface area (Å²) in [4.78, 5) is 0. The van der Waals surface area contributed by atoms with E-state index in [0.717, 1.165) is 28.2 Å². The molecule has 0 atom stereocenters. The maximum atomic E-state index is 6.16. The SMILES string of the molecule is Cc1ccc(C)c(-n2cc(N)c(-c3cn(C)nc3C)n2)c1. The van der Waals surface area contributed by atoms with Crippen LogP contribution in [0.15, 0.2) is 30.6 Å². The first-order valence-corrected chi connectivity index (χ1v) is 6.89. The number of aryl methyl sites for hydroxylation is 4. The first-order chi connectivity index (χ1) is 9.95. The zero-order chi connectivity index (χ0) is 15.1. The average Bonchev–Trinajstić information content (AvgIpc) is 2.95. The smallest absolute Gasteiger partial charge is 0.119 e. The molecule has 21 heavy (non-hydrogen) atoms. The van der Waals surface area contributed by atoms with E-state index >= 15 is 0 Å². The minimum atomic E-state index is 0.659. The van der Waals surface area contributed by atoms with Gasteiger partial charge in [-0.2, -0.15) is 10.2 Å². The number of aromatic nitrogens is 4. The van der Waals surface area contributed by atoms with Gasteiger partial charge in [-0.25, -0.2) is 4.68 Å². The molecule has 0 radical (unpaired) electrons. The fraction of sp³-hybridized carbons (Fsp3) is 0.250. The number of rotatable bonds is 2. The van der Waals surface area contributed by atoms with E-state index in [4.69, 9.17) is 5.73 Å². The molecule has 0 saturated carbocycles. The summed E-state index contributed by atoms with van der Waals surface area (Å²) in [7, 11) is 1.90. The lowest BCUT2D eigenvalue weighted by Gasteiger charge is -2.06.